The number of fused-ring (bicyclic) bond motifs is 1. The minimum Gasteiger partial charge on any atom is -0.393 e. The van der Waals surface area contributed by atoms with E-state index in [0.717, 1.165) is 24.8 Å². The van der Waals surface area contributed by atoms with Crippen molar-refractivity contribution < 1.29 is 14.7 Å². The number of hydrogen-bond acceptors (Lipinski definition) is 3. The first kappa shape index (κ1) is 18.7. The quantitative estimate of drug-likeness (QED) is 0.720. The van der Waals surface area contributed by atoms with Crippen LogP contribution in [0.3, 0.4) is 0 Å². The van der Waals surface area contributed by atoms with Crippen molar-refractivity contribution >= 4 is 11.7 Å². The van der Waals surface area contributed by atoms with E-state index in [1.54, 1.807) is 6.92 Å². The molecular weight excluding hydrogens is 302 g/mol. The summed E-state index contributed by atoms with van der Waals surface area (Å²) in [5, 5.41) is 12.3. The van der Waals surface area contributed by atoms with Crippen molar-refractivity contribution in [3.8, 4) is 0 Å². The predicted molar refractivity (Wildman–Crippen MR) is 95.1 cm³/mol. The molecule has 1 aromatic carbocycles. The summed E-state index contributed by atoms with van der Waals surface area (Å²) in [6, 6.07) is 5.93. The van der Waals surface area contributed by atoms with E-state index in [1.807, 2.05) is 32.0 Å². The van der Waals surface area contributed by atoms with Crippen LogP contribution < -0.4 is 5.32 Å². The molecule has 1 amide bonds. The van der Waals surface area contributed by atoms with Gasteiger partial charge in [-0.25, -0.2) is 0 Å². The molecule has 0 heterocycles. The molecule has 0 aliphatic heterocycles. The summed E-state index contributed by atoms with van der Waals surface area (Å²) in [5.74, 6) is -0.0775. The monoisotopic (exact) mass is 331 g/mol. The molecule has 2 N–H and O–H groups in total. The number of aryl methyl sites for hydroxylation is 2. The number of ketones is 1. The molecule has 0 radical (unpaired) electrons. The van der Waals surface area contributed by atoms with Crippen LogP contribution in [0.2, 0.25) is 0 Å². The van der Waals surface area contributed by atoms with E-state index in [2.05, 4.69) is 5.32 Å². The Morgan fingerprint density at radius 2 is 1.92 bits per heavy atom. The average molecular weight is 331 g/mol. The van der Waals surface area contributed by atoms with Gasteiger partial charge in [-0.1, -0.05) is 26.0 Å². The molecule has 0 saturated heterocycles. The molecule has 1 aliphatic carbocycles. The van der Waals surface area contributed by atoms with Gasteiger partial charge in [0.2, 0.25) is 5.91 Å². The standard InChI is InChI=1S/C20H29NO3/c1-14(22)12-20(2,3)13-21-19(24)10-9-18(23)17-8-7-15-5-4-6-16(15)11-17/h7-8,11,14,22H,4-6,9-10,12-13H2,1-3H3,(H,21,24). The molecule has 2 rings (SSSR count). The Kier molecular flexibility index (Phi) is 6.16. The lowest BCUT2D eigenvalue weighted by Gasteiger charge is -2.26. The molecule has 1 unspecified atom stereocenters. The van der Waals surface area contributed by atoms with E-state index in [4.69, 9.17) is 0 Å². The van der Waals surface area contributed by atoms with Gasteiger partial charge in [0.05, 0.1) is 6.10 Å². The van der Waals surface area contributed by atoms with Gasteiger partial charge in [0, 0.05) is 24.9 Å². The number of carbonyl (C=O) groups is 2. The number of Topliss-reactive ketones (excluding diaryl/α,β-unsaturated/α-hetero) is 1. The highest BCUT2D eigenvalue weighted by Crippen LogP contribution is 2.24. The van der Waals surface area contributed by atoms with E-state index < -0.39 is 6.10 Å². The van der Waals surface area contributed by atoms with Crippen LogP contribution in [-0.4, -0.2) is 29.4 Å². The van der Waals surface area contributed by atoms with Crippen molar-refractivity contribution in [2.75, 3.05) is 6.54 Å². The zero-order chi connectivity index (χ0) is 17.7. The van der Waals surface area contributed by atoms with Crippen LogP contribution in [0, 0.1) is 5.41 Å². The number of hydrogen-bond donors (Lipinski definition) is 2. The minimum atomic E-state index is -0.390. The normalized spacial score (nSPS) is 15.0. The molecule has 1 aromatic rings. The lowest BCUT2D eigenvalue weighted by atomic mass is 9.87. The summed E-state index contributed by atoms with van der Waals surface area (Å²) < 4.78 is 0. The lowest BCUT2D eigenvalue weighted by Crippen LogP contribution is -2.35. The summed E-state index contributed by atoms with van der Waals surface area (Å²) in [6.07, 6.45) is 4.00. The molecule has 1 atom stereocenters. The first-order valence-corrected chi connectivity index (χ1v) is 8.86. The molecule has 24 heavy (non-hydrogen) atoms. The van der Waals surface area contributed by atoms with Gasteiger partial charge < -0.3 is 10.4 Å². The molecule has 0 bridgehead atoms. The first-order valence-electron chi connectivity index (χ1n) is 8.86. The first-order chi connectivity index (χ1) is 11.3. The second kappa shape index (κ2) is 7.93. The van der Waals surface area contributed by atoms with Crippen LogP contribution in [0.15, 0.2) is 18.2 Å². The number of benzene rings is 1. The SMILES string of the molecule is CC(O)CC(C)(C)CNC(=O)CCC(=O)c1ccc2c(c1)CCC2. The number of nitrogens with one attached hydrogen (secondary N) is 1. The van der Waals surface area contributed by atoms with Crippen molar-refractivity contribution in [1.29, 1.82) is 0 Å². The molecule has 4 nitrogen and oxygen atoms in total. The Bertz CT molecular complexity index is 605. The van der Waals surface area contributed by atoms with Gasteiger partial charge >= 0.3 is 0 Å². The maximum Gasteiger partial charge on any atom is 0.220 e. The van der Waals surface area contributed by atoms with E-state index in [0.29, 0.717) is 13.0 Å². The number of aliphatic hydroxyl groups excluding tert-OH is 1. The highest BCUT2D eigenvalue weighted by atomic mass is 16.3. The van der Waals surface area contributed by atoms with Crippen LogP contribution >= 0.6 is 0 Å². The summed E-state index contributed by atoms with van der Waals surface area (Å²) in [4.78, 5) is 24.3. The van der Waals surface area contributed by atoms with Crippen molar-refractivity contribution in [2.24, 2.45) is 5.41 Å². The predicted octanol–water partition coefficient (Wildman–Crippen LogP) is 3.05. The molecule has 0 aromatic heterocycles. The van der Waals surface area contributed by atoms with Crippen molar-refractivity contribution in [3.05, 3.63) is 34.9 Å². The van der Waals surface area contributed by atoms with E-state index in [1.165, 1.54) is 11.1 Å². The summed E-state index contributed by atoms with van der Waals surface area (Å²) in [5.41, 5.74) is 3.20. The molecule has 0 saturated carbocycles. The number of rotatable bonds is 8. The smallest absolute Gasteiger partial charge is 0.220 e. The molecule has 4 heteroatoms. The number of amides is 1. The molecular formula is C20H29NO3. The summed E-state index contributed by atoms with van der Waals surface area (Å²) in [6.45, 7) is 6.27. The Labute approximate surface area is 144 Å². The van der Waals surface area contributed by atoms with E-state index in [-0.39, 0.29) is 29.9 Å². The van der Waals surface area contributed by atoms with Crippen molar-refractivity contribution in [3.63, 3.8) is 0 Å². The van der Waals surface area contributed by atoms with Crippen molar-refractivity contribution in [1.82, 2.24) is 5.32 Å². The number of aliphatic hydroxyl groups is 1. The van der Waals surface area contributed by atoms with Gasteiger partial charge in [0.15, 0.2) is 5.78 Å². The van der Waals surface area contributed by atoms with E-state index >= 15 is 0 Å². The number of carbonyl (C=O) groups excluding carboxylic acids is 2. The Hall–Kier alpha value is -1.68. The lowest BCUT2D eigenvalue weighted by molar-refractivity contribution is -0.121. The minimum absolute atomic E-state index is 0.0306. The van der Waals surface area contributed by atoms with E-state index in [9.17, 15) is 14.7 Å². The second-order valence-corrected chi connectivity index (χ2v) is 7.75. The van der Waals surface area contributed by atoms with Crippen LogP contribution in [0.1, 0.15) is 67.9 Å². The third-order valence-electron chi connectivity index (χ3n) is 4.61. The zero-order valence-corrected chi connectivity index (χ0v) is 15.0. The Morgan fingerprint density at radius 1 is 1.21 bits per heavy atom. The fourth-order valence-electron chi connectivity index (χ4n) is 3.41. The molecule has 1 aliphatic rings. The maximum atomic E-state index is 12.3. The van der Waals surface area contributed by atoms with Crippen LogP contribution in [0.25, 0.3) is 0 Å². The third kappa shape index (κ3) is 5.45. The van der Waals surface area contributed by atoms with Gasteiger partial charge in [-0.15, -0.1) is 0 Å². The Morgan fingerprint density at radius 3 is 2.62 bits per heavy atom. The third-order valence-corrected chi connectivity index (χ3v) is 4.61. The largest absolute Gasteiger partial charge is 0.393 e. The molecule has 132 valence electrons. The van der Waals surface area contributed by atoms with Gasteiger partial charge in [0.1, 0.15) is 0 Å². The zero-order valence-electron chi connectivity index (χ0n) is 15.0. The second-order valence-electron chi connectivity index (χ2n) is 7.75. The van der Waals surface area contributed by atoms with Crippen LogP contribution in [0.4, 0.5) is 0 Å². The summed E-state index contributed by atoms with van der Waals surface area (Å²) in [7, 11) is 0. The highest BCUT2D eigenvalue weighted by molar-refractivity contribution is 5.98. The fraction of sp³-hybridized carbons (Fsp3) is 0.600. The molecule has 0 spiro atoms. The highest BCUT2D eigenvalue weighted by Gasteiger charge is 2.21. The van der Waals surface area contributed by atoms with Crippen LogP contribution in [-0.2, 0) is 17.6 Å². The van der Waals surface area contributed by atoms with Gasteiger partial charge in [-0.3, -0.25) is 9.59 Å². The van der Waals surface area contributed by atoms with Crippen LogP contribution in [0.5, 0.6) is 0 Å². The van der Waals surface area contributed by atoms with Crippen molar-refractivity contribution in [2.45, 2.75) is 65.4 Å². The average Bonchev–Trinajstić information content (AvgIpc) is 2.96. The van der Waals surface area contributed by atoms with Gasteiger partial charge in [0.25, 0.3) is 0 Å². The van der Waals surface area contributed by atoms with Gasteiger partial charge in [-0.2, -0.15) is 0 Å². The van der Waals surface area contributed by atoms with Gasteiger partial charge in [-0.05, 0) is 55.2 Å². The Balaban J connectivity index is 1.78. The fourth-order valence-corrected chi connectivity index (χ4v) is 3.41. The topological polar surface area (TPSA) is 66.4 Å². The maximum absolute atomic E-state index is 12.3. The summed E-state index contributed by atoms with van der Waals surface area (Å²) >= 11 is 0. The molecule has 0 fully saturated rings.